The van der Waals surface area contributed by atoms with Gasteiger partial charge in [0.1, 0.15) is 38.5 Å². The van der Waals surface area contributed by atoms with Gasteiger partial charge in [0.15, 0.2) is 23.0 Å². The van der Waals surface area contributed by atoms with Crippen LogP contribution in [0.1, 0.15) is 17.3 Å². The predicted octanol–water partition coefficient (Wildman–Crippen LogP) is 2.24. The summed E-state index contributed by atoms with van der Waals surface area (Å²) in [6.07, 6.45) is 0. The summed E-state index contributed by atoms with van der Waals surface area (Å²) in [7, 11) is 0. The van der Waals surface area contributed by atoms with E-state index in [0.29, 0.717) is 30.4 Å². The molecule has 0 saturated carbocycles. The summed E-state index contributed by atoms with van der Waals surface area (Å²) >= 11 is 0. The molecular formula is C21H21N3O8. The van der Waals surface area contributed by atoms with Crippen molar-refractivity contribution in [2.75, 3.05) is 44.8 Å². The van der Waals surface area contributed by atoms with Crippen LogP contribution in [-0.2, 0) is 4.79 Å². The van der Waals surface area contributed by atoms with E-state index < -0.39 is 22.4 Å². The maximum Gasteiger partial charge on any atom is 0.286 e. The Morgan fingerprint density at radius 1 is 0.969 bits per heavy atom. The largest absolute Gasteiger partial charge is 0.486 e. The monoisotopic (exact) mass is 443 g/mol. The lowest BCUT2D eigenvalue weighted by Gasteiger charge is -2.23. The van der Waals surface area contributed by atoms with Crippen LogP contribution in [0.2, 0.25) is 0 Å². The van der Waals surface area contributed by atoms with Gasteiger partial charge in [-0.3, -0.25) is 19.7 Å². The molecule has 2 amide bonds. The smallest absolute Gasteiger partial charge is 0.286 e. The van der Waals surface area contributed by atoms with E-state index in [1.54, 1.807) is 25.1 Å². The van der Waals surface area contributed by atoms with Crippen molar-refractivity contribution in [3.63, 3.8) is 0 Å². The number of nitrogens with zero attached hydrogens (tertiary/aromatic N) is 2. The van der Waals surface area contributed by atoms with E-state index in [9.17, 15) is 19.7 Å². The van der Waals surface area contributed by atoms with Crippen molar-refractivity contribution >= 4 is 23.2 Å². The molecule has 2 aromatic rings. The molecule has 0 saturated heterocycles. The van der Waals surface area contributed by atoms with Crippen molar-refractivity contribution in [3.05, 3.63) is 46.0 Å². The minimum Gasteiger partial charge on any atom is -0.486 e. The maximum absolute atomic E-state index is 13.1. The number of amides is 2. The molecule has 0 radical (unpaired) electrons. The fraction of sp³-hybridized carbons (Fsp3) is 0.333. The van der Waals surface area contributed by atoms with E-state index in [2.05, 4.69) is 5.32 Å². The van der Waals surface area contributed by atoms with Gasteiger partial charge in [0.25, 0.3) is 11.6 Å². The molecule has 2 aliphatic heterocycles. The number of nitro benzene ring substituents is 1. The highest BCUT2D eigenvalue weighted by molar-refractivity contribution is 6.02. The second-order valence-corrected chi connectivity index (χ2v) is 7.00. The number of rotatable bonds is 6. The number of hydrogen-bond acceptors (Lipinski definition) is 8. The summed E-state index contributed by atoms with van der Waals surface area (Å²) in [6.45, 7) is 2.95. The van der Waals surface area contributed by atoms with Gasteiger partial charge < -0.3 is 29.2 Å². The van der Waals surface area contributed by atoms with Crippen LogP contribution in [0.15, 0.2) is 30.3 Å². The van der Waals surface area contributed by atoms with Crippen molar-refractivity contribution in [2.45, 2.75) is 6.92 Å². The lowest BCUT2D eigenvalue weighted by atomic mass is 10.1. The summed E-state index contributed by atoms with van der Waals surface area (Å²) in [4.78, 5) is 37.8. The molecule has 11 nitrogen and oxygen atoms in total. The van der Waals surface area contributed by atoms with Crippen LogP contribution in [-0.4, -0.2) is 61.2 Å². The second-order valence-electron chi connectivity index (χ2n) is 7.00. The summed E-state index contributed by atoms with van der Waals surface area (Å²) in [5, 5.41) is 14.2. The van der Waals surface area contributed by atoms with E-state index in [1.807, 2.05) is 0 Å². The number of nitro groups is 1. The first-order valence-corrected chi connectivity index (χ1v) is 10.0. The molecule has 32 heavy (non-hydrogen) atoms. The minimum atomic E-state index is -0.659. The Hall–Kier alpha value is -4.02. The van der Waals surface area contributed by atoms with Crippen LogP contribution >= 0.6 is 0 Å². The van der Waals surface area contributed by atoms with E-state index >= 15 is 0 Å². The van der Waals surface area contributed by atoms with Crippen molar-refractivity contribution in [3.8, 4) is 23.0 Å². The van der Waals surface area contributed by atoms with E-state index in [0.717, 1.165) is 0 Å². The van der Waals surface area contributed by atoms with E-state index in [-0.39, 0.29) is 43.4 Å². The quantitative estimate of drug-likeness (QED) is 0.532. The summed E-state index contributed by atoms with van der Waals surface area (Å²) in [5.74, 6) is 0.446. The normalized spacial score (nSPS) is 13.8. The Balaban J connectivity index is 1.50. The molecular weight excluding hydrogens is 422 g/mol. The molecule has 0 fully saturated rings. The van der Waals surface area contributed by atoms with Gasteiger partial charge in [0, 0.05) is 24.4 Å². The van der Waals surface area contributed by atoms with Crippen LogP contribution in [0.4, 0.5) is 11.4 Å². The minimum absolute atomic E-state index is 0.166. The Morgan fingerprint density at radius 2 is 1.56 bits per heavy atom. The van der Waals surface area contributed by atoms with Crippen LogP contribution < -0.4 is 24.3 Å². The van der Waals surface area contributed by atoms with Gasteiger partial charge in [-0.1, -0.05) is 0 Å². The molecule has 0 aromatic heterocycles. The van der Waals surface area contributed by atoms with Crippen molar-refractivity contribution in [1.29, 1.82) is 0 Å². The summed E-state index contributed by atoms with van der Waals surface area (Å²) < 4.78 is 21.8. The van der Waals surface area contributed by atoms with Gasteiger partial charge in [-0.2, -0.15) is 0 Å². The Morgan fingerprint density at radius 3 is 2.19 bits per heavy atom. The van der Waals surface area contributed by atoms with Gasteiger partial charge in [0.05, 0.1) is 11.0 Å². The zero-order chi connectivity index (χ0) is 22.7. The molecule has 2 aliphatic rings. The third-order valence-corrected chi connectivity index (χ3v) is 4.92. The number of benzene rings is 2. The third kappa shape index (κ3) is 4.36. The van der Waals surface area contributed by atoms with Gasteiger partial charge in [-0.15, -0.1) is 0 Å². The first-order valence-electron chi connectivity index (χ1n) is 10.0. The van der Waals surface area contributed by atoms with Crippen LogP contribution in [0.5, 0.6) is 23.0 Å². The van der Waals surface area contributed by atoms with Gasteiger partial charge >= 0.3 is 0 Å². The molecule has 0 unspecified atom stereocenters. The number of ether oxygens (including phenoxy) is 4. The zero-order valence-electron chi connectivity index (χ0n) is 17.3. The molecule has 11 heteroatoms. The van der Waals surface area contributed by atoms with Crippen LogP contribution in [0.25, 0.3) is 0 Å². The lowest BCUT2D eigenvalue weighted by molar-refractivity contribution is -0.385. The van der Waals surface area contributed by atoms with Crippen LogP contribution in [0, 0.1) is 10.1 Å². The number of likely N-dealkylation sites (N-methyl/N-ethyl adjacent to an activating group) is 1. The average Bonchev–Trinajstić information content (AvgIpc) is 2.81. The highest BCUT2D eigenvalue weighted by atomic mass is 16.6. The van der Waals surface area contributed by atoms with E-state index in [4.69, 9.17) is 18.9 Å². The first kappa shape index (κ1) is 21.2. The molecule has 0 atom stereocenters. The van der Waals surface area contributed by atoms with Crippen molar-refractivity contribution < 1.29 is 33.5 Å². The molecule has 2 aromatic carbocycles. The molecule has 168 valence electrons. The maximum atomic E-state index is 13.1. The third-order valence-electron chi connectivity index (χ3n) is 4.92. The number of hydrogen-bond donors (Lipinski definition) is 1. The molecule has 2 heterocycles. The molecule has 1 N–H and O–H groups in total. The SMILES string of the molecule is CCN(CC(=O)Nc1ccc2c(c1)OCCO2)C(=O)c1cc2c(cc1[N+](=O)[O-])OCCO2. The fourth-order valence-electron chi connectivity index (χ4n) is 3.39. The Bertz CT molecular complexity index is 1070. The second kappa shape index (κ2) is 9.00. The molecule has 0 aliphatic carbocycles. The Labute approximate surface area is 183 Å². The number of fused-ring (bicyclic) bond motifs is 2. The number of carbonyl (C=O) groups is 2. The highest BCUT2D eigenvalue weighted by Gasteiger charge is 2.29. The van der Waals surface area contributed by atoms with Gasteiger partial charge in [-0.05, 0) is 19.1 Å². The van der Waals surface area contributed by atoms with Crippen molar-refractivity contribution in [1.82, 2.24) is 4.90 Å². The van der Waals surface area contributed by atoms with E-state index in [1.165, 1.54) is 17.0 Å². The summed E-state index contributed by atoms with van der Waals surface area (Å²) in [5.41, 5.74) is -0.105. The first-order chi connectivity index (χ1) is 15.5. The predicted molar refractivity (Wildman–Crippen MR) is 112 cm³/mol. The highest BCUT2D eigenvalue weighted by Crippen LogP contribution is 2.37. The lowest BCUT2D eigenvalue weighted by Crippen LogP contribution is -2.38. The topological polar surface area (TPSA) is 129 Å². The van der Waals surface area contributed by atoms with Crippen LogP contribution in [0.3, 0.4) is 0 Å². The number of nitrogens with one attached hydrogen (secondary N) is 1. The average molecular weight is 443 g/mol. The van der Waals surface area contributed by atoms with Crippen molar-refractivity contribution in [2.24, 2.45) is 0 Å². The summed E-state index contributed by atoms with van der Waals surface area (Å²) in [6, 6.07) is 7.44. The molecule has 0 bridgehead atoms. The Kier molecular flexibility index (Phi) is 5.97. The van der Waals surface area contributed by atoms with Gasteiger partial charge in [-0.25, -0.2) is 0 Å². The standard InChI is InChI=1S/C21H21N3O8/c1-2-23(12-20(25)22-13-3-4-16-17(9-13)30-6-5-29-16)21(26)14-10-18-19(32-8-7-31-18)11-15(14)24(27)28/h3-4,9-11H,2,5-8,12H2,1H3,(H,22,25). The molecule has 4 rings (SSSR count). The number of anilines is 1. The number of carbonyl (C=O) groups excluding carboxylic acids is 2. The fourth-order valence-corrected chi connectivity index (χ4v) is 3.39. The zero-order valence-corrected chi connectivity index (χ0v) is 17.3. The molecule has 0 spiro atoms. The van der Waals surface area contributed by atoms with Gasteiger partial charge in [0.2, 0.25) is 5.91 Å².